The van der Waals surface area contributed by atoms with Gasteiger partial charge in [0, 0.05) is 31.1 Å². The molecule has 0 aliphatic rings. The maximum Gasteiger partial charge on any atom is 0.261 e. The zero-order chi connectivity index (χ0) is 26.5. The highest BCUT2D eigenvalue weighted by molar-refractivity contribution is 6.99. The maximum atomic E-state index is 12.9. The van der Waals surface area contributed by atoms with E-state index >= 15 is 0 Å². The van der Waals surface area contributed by atoms with E-state index in [-0.39, 0.29) is 10.9 Å². The highest BCUT2D eigenvalue weighted by Gasteiger charge is 2.50. The first-order valence-electron chi connectivity index (χ1n) is 12.6. The van der Waals surface area contributed by atoms with Crippen molar-refractivity contribution in [3.05, 3.63) is 97.2 Å². The molecule has 4 rings (SSSR count). The molecule has 1 heterocycles. The Kier molecular flexibility index (Phi) is 8.07. The fourth-order valence-corrected chi connectivity index (χ4v) is 9.34. The van der Waals surface area contributed by atoms with E-state index < -0.39 is 14.4 Å². The number of carbonyl (C=O) groups excluding carboxylic acids is 1. The van der Waals surface area contributed by atoms with E-state index in [2.05, 4.69) is 79.7 Å². The topological polar surface area (TPSA) is 82.2 Å². The second kappa shape index (κ2) is 11.3. The minimum atomic E-state index is -2.66. The van der Waals surface area contributed by atoms with Crippen LogP contribution in [0.15, 0.2) is 97.2 Å². The number of aromatic nitrogens is 2. The van der Waals surface area contributed by atoms with Crippen LogP contribution in [0.5, 0.6) is 0 Å². The molecule has 1 atom stereocenters. The number of anilines is 1. The van der Waals surface area contributed by atoms with E-state index in [4.69, 9.17) is 10.2 Å². The van der Waals surface area contributed by atoms with Gasteiger partial charge in [0.2, 0.25) is 5.91 Å². The first-order valence-corrected chi connectivity index (χ1v) is 14.5. The second-order valence-electron chi connectivity index (χ2n) is 10.3. The highest BCUT2D eigenvalue weighted by atomic mass is 28.4. The van der Waals surface area contributed by atoms with Crippen LogP contribution in [0.25, 0.3) is 11.3 Å². The first kappa shape index (κ1) is 26.5. The number of rotatable bonds is 9. The summed E-state index contributed by atoms with van der Waals surface area (Å²) in [5.74, 6) is -0.225. The number of nitrogens with zero attached hydrogens (tertiary/aromatic N) is 2. The fraction of sp³-hybridized carbons (Fsp3) is 0.267. The fourth-order valence-electron chi connectivity index (χ4n) is 4.76. The van der Waals surface area contributed by atoms with E-state index in [1.807, 2.05) is 55.7 Å². The molecule has 0 aliphatic heterocycles. The lowest BCUT2D eigenvalue weighted by Gasteiger charge is -2.43. The summed E-state index contributed by atoms with van der Waals surface area (Å²) in [7, 11) is -0.771. The summed E-state index contributed by atoms with van der Waals surface area (Å²) in [6, 6.07) is 29.8. The van der Waals surface area contributed by atoms with Crippen molar-refractivity contribution in [2.45, 2.75) is 38.3 Å². The first-order chi connectivity index (χ1) is 17.7. The third-order valence-electron chi connectivity index (χ3n) is 6.66. The molecular weight excluding hydrogens is 476 g/mol. The zero-order valence-corrected chi connectivity index (χ0v) is 23.0. The number of benzene rings is 3. The van der Waals surface area contributed by atoms with Crippen LogP contribution < -0.4 is 21.4 Å². The summed E-state index contributed by atoms with van der Waals surface area (Å²) >= 11 is 0. The van der Waals surface area contributed by atoms with Gasteiger partial charge in [-0.15, -0.1) is 0 Å². The summed E-state index contributed by atoms with van der Waals surface area (Å²) in [6.07, 6.45) is 2.32. The third-order valence-corrected chi connectivity index (χ3v) is 11.7. The number of amides is 1. The Labute approximate surface area is 220 Å². The Morgan fingerprint density at radius 1 is 0.946 bits per heavy atom. The smallest absolute Gasteiger partial charge is 0.261 e. The van der Waals surface area contributed by atoms with Crippen LogP contribution in [0, 0.1) is 0 Å². The molecule has 3 aromatic carbocycles. The Morgan fingerprint density at radius 2 is 1.51 bits per heavy atom. The van der Waals surface area contributed by atoms with Crippen LogP contribution in [0.4, 0.5) is 5.69 Å². The Balaban J connectivity index is 1.45. The highest BCUT2D eigenvalue weighted by Crippen LogP contribution is 2.36. The third kappa shape index (κ3) is 5.90. The van der Waals surface area contributed by atoms with Crippen molar-refractivity contribution in [2.24, 2.45) is 12.8 Å². The van der Waals surface area contributed by atoms with Crippen molar-refractivity contribution in [1.82, 2.24) is 9.78 Å². The summed E-state index contributed by atoms with van der Waals surface area (Å²) in [5, 5.41) is 9.63. The Hall–Kier alpha value is -3.52. The van der Waals surface area contributed by atoms with Crippen molar-refractivity contribution in [3.8, 4) is 11.3 Å². The van der Waals surface area contributed by atoms with Gasteiger partial charge in [0.15, 0.2) is 0 Å². The quantitative estimate of drug-likeness (QED) is 0.327. The van der Waals surface area contributed by atoms with Crippen molar-refractivity contribution in [1.29, 1.82) is 0 Å². The SMILES string of the molecule is Cn1ccc(-c2ccc(NC(=O)[C@H](N)CCO[Si](c3ccccc3)(c3ccccc3)C(C)(C)C)cc2)n1. The minimum absolute atomic E-state index is 0.128. The predicted molar refractivity (Wildman–Crippen MR) is 153 cm³/mol. The van der Waals surface area contributed by atoms with Gasteiger partial charge in [-0.25, -0.2) is 0 Å². The lowest BCUT2D eigenvalue weighted by Crippen LogP contribution is -2.66. The van der Waals surface area contributed by atoms with Crippen molar-refractivity contribution < 1.29 is 9.22 Å². The maximum absolute atomic E-state index is 12.9. The average molecular weight is 513 g/mol. The molecule has 0 unspecified atom stereocenters. The molecule has 0 bridgehead atoms. The van der Waals surface area contributed by atoms with Crippen LogP contribution in [0.2, 0.25) is 5.04 Å². The lowest BCUT2D eigenvalue weighted by atomic mass is 10.1. The average Bonchev–Trinajstić information content (AvgIpc) is 3.33. The number of nitrogens with one attached hydrogen (secondary N) is 1. The van der Waals surface area contributed by atoms with E-state index in [1.165, 1.54) is 10.4 Å². The molecule has 3 N–H and O–H groups in total. The summed E-state index contributed by atoms with van der Waals surface area (Å²) < 4.78 is 8.64. The number of hydrogen-bond donors (Lipinski definition) is 2. The van der Waals surface area contributed by atoms with Gasteiger partial charge in [0.05, 0.1) is 11.7 Å². The molecule has 0 spiro atoms. The Bertz CT molecular complexity index is 1260. The molecule has 0 radical (unpaired) electrons. The van der Waals surface area contributed by atoms with Gasteiger partial charge in [0.1, 0.15) is 0 Å². The van der Waals surface area contributed by atoms with E-state index in [0.29, 0.717) is 18.7 Å². The number of aryl methyl sites for hydroxylation is 1. The number of hydrogen-bond acceptors (Lipinski definition) is 4. The summed E-state index contributed by atoms with van der Waals surface area (Å²) in [4.78, 5) is 12.9. The standard InChI is InChI=1S/C30H36N4O2Si/c1-30(2,3)37(25-11-7-5-8-12-25,26-13-9-6-10-14-26)36-22-20-27(31)29(35)32-24-17-15-23(16-18-24)28-19-21-34(4)33-28/h5-19,21,27H,20,22,31H2,1-4H3,(H,32,35)/t27-/m1/s1. The van der Waals surface area contributed by atoms with Gasteiger partial charge >= 0.3 is 0 Å². The van der Waals surface area contributed by atoms with Gasteiger partial charge in [-0.3, -0.25) is 9.48 Å². The van der Waals surface area contributed by atoms with Crippen LogP contribution in [0.1, 0.15) is 27.2 Å². The van der Waals surface area contributed by atoms with Crippen LogP contribution in [-0.4, -0.2) is 36.7 Å². The van der Waals surface area contributed by atoms with E-state index in [9.17, 15) is 4.79 Å². The second-order valence-corrected chi connectivity index (χ2v) is 14.7. The predicted octanol–water partition coefficient (Wildman–Crippen LogP) is 4.32. The lowest BCUT2D eigenvalue weighted by molar-refractivity contribution is -0.117. The number of carbonyl (C=O) groups is 1. The molecule has 1 amide bonds. The molecule has 0 saturated heterocycles. The largest absolute Gasteiger partial charge is 0.407 e. The minimum Gasteiger partial charge on any atom is -0.407 e. The molecule has 7 heteroatoms. The van der Waals surface area contributed by atoms with E-state index in [1.54, 1.807) is 4.68 Å². The van der Waals surface area contributed by atoms with Gasteiger partial charge < -0.3 is 15.5 Å². The molecule has 4 aromatic rings. The van der Waals surface area contributed by atoms with Gasteiger partial charge in [-0.05, 0) is 40.0 Å². The van der Waals surface area contributed by atoms with Gasteiger partial charge in [0.25, 0.3) is 8.32 Å². The van der Waals surface area contributed by atoms with Crippen molar-refractivity contribution >= 4 is 30.3 Å². The zero-order valence-electron chi connectivity index (χ0n) is 22.0. The van der Waals surface area contributed by atoms with E-state index in [0.717, 1.165) is 11.3 Å². The van der Waals surface area contributed by atoms with Crippen molar-refractivity contribution in [2.75, 3.05) is 11.9 Å². The molecule has 6 nitrogen and oxygen atoms in total. The molecule has 0 aliphatic carbocycles. The van der Waals surface area contributed by atoms with Gasteiger partial charge in [-0.1, -0.05) is 93.6 Å². The molecule has 0 saturated carbocycles. The molecule has 0 fully saturated rings. The van der Waals surface area contributed by atoms with Crippen LogP contribution in [-0.2, 0) is 16.3 Å². The summed E-state index contributed by atoms with van der Waals surface area (Å²) in [5.41, 5.74) is 8.89. The molecule has 37 heavy (non-hydrogen) atoms. The monoisotopic (exact) mass is 512 g/mol. The van der Waals surface area contributed by atoms with Crippen LogP contribution >= 0.6 is 0 Å². The Morgan fingerprint density at radius 3 is 2.00 bits per heavy atom. The van der Waals surface area contributed by atoms with Crippen LogP contribution in [0.3, 0.4) is 0 Å². The van der Waals surface area contributed by atoms with Crippen molar-refractivity contribution in [3.63, 3.8) is 0 Å². The summed E-state index contributed by atoms with van der Waals surface area (Å²) in [6.45, 7) is 7.10. The van der Waals surface area contributed by atoms with Gasteiger partial charge in [-0.2, -0.15) is 5.10 Å². The normalized spacial score (nSPS) is 12.8. The molecular formula is C30H36N4O2Si. The molecule has 192 valence electrons. The number of nitrogens with two attached hydrogens (primary N) is 1. The molecule has 1 aromatic heterocycles.